The maximum atomic E-state index is 10.4. The number of unbranched alkanes of at least 4 members (excludes halogenated alkanes) is 9. The molecule has 24 heavy (non-hydrogen) atoms. The third-order valence-corrected chi connectivity index (χ3v) is 4.03. The number of hydrogen-bond donors (Lipinski definition) is 1. The van der Waals surface area contributed by atoms with Gasteiger partial charge in [-0.15, -0.1) is 0 Å². The molecule has 0 aliphatic carbocycles. The van der Waals surface area contributed by atoms with E-state index in [1.54, 1.807) is 0 Å². The van der Waals surface area contributed by atoms with Crippen LogP contribution in [0.4, 0.5) is 0 Å². The summed E-state index contributed by atoms with van der Waals surface area (Å²) in [5, 5.41) is 8.54. The quantitative estimate of drug-likeness (QED) is 0.225. The molecule has 0 fully saturated rings. The predicted octanol–water partition coefficient (Wildman–Crippen LogP) is 7.22. The molecule has 0 aliphatic rings. The van der Waals surface area contributed by atoms with Crippen LogP contribution in [0.1, 0.15) is 96.8 Å². The SMILES string of the molecule is CCCCC/C=C/C/C=C/C/C=C\CCCCCCCCC(=O)O. The summed E-state index contributed by atoms with van der Waals surface area (Å²) in [6, 6.07) is 0. The number of allylic oxidation sites excluding steroid dienone is 6. The Kier molecular flexibility index (Phi) is 18.7. The molecular weight excluding hydrogens is 296 g/mol. The van der Waals surface area contributed by atoms with E-state index in [9.17, 15) is 4.79 Å². The topological polar surface area (TPSA) is 37.3 Å². The summed E-state index contributed by atoms with van der Waals surface area (Å²) in [6.07, 6.45) is 29.2. The fraction of sp³-hybridized carbons (Fsp3) is 0.682. The average Bonchev–Trinajstić information content (AvgIpc) is 2.56. The van der Waals surface area contributed by atoms with Crippen LogP contribution < -0.4 is 0 Å². The molecule has 0 aromatic heterocycles. The Hall–Kier alpha value is -1.31. The zero-order valence-electron chi connectivity index (χ0n) is 15.7. The van der Waals surface area contributed by atoms with E-state index in [1.165, 1.54) is 57.8 Å². The van der Waals surface area contributed by atoms with Crippen molar-refractivity contribution in [1.29, 1.82) is 0 Å². The van der Waals surface area contributed by atoms with Gasteiger partial charge in [0, 0.05) is 6.42 Å². The molecule has 0 amide bonds. The monoisotopic (exact) mass is 334 g/mol. The van der Waals surface area contributed by atoms with Crippen LogP contribution in [-0.4, -0.2) is 11.1 Å². The molecule has 0 spiro atoms. The minimum absolute atomic E-state index is 0.324. The third-order valence-electron chi connectivity index (χ3n) is 4.03. The highest BCUT2D eigenvalue weighted by molar-refractivity contribution is 5.66. The highest BCUT2D eigenvalue weighted by atomic mass is 16.4. The summed E-state index contributed by atoms with van der Waals surface area (Å²) < 4.78 is 0. The number of rotatable bonds is 17. The van der Waals surface area contributed by atoms with Crippen molar-refractivity contribution in [3.63, 3.8) is 0 Å². The van der Waals surface area contributed by atoms with Crippen molar-refractivity contribution >= 4 is 5.97 Å². The van der Waals surface area contributed by atoms with Gasteiger partial charge < -0.3 is 5.11 Å². The van der Waals surface area contributed by atoms with E-state index in [0.29, 0.717) is 6.42 Å². The van der Waals surface area contributed by atoms with E-state index < -0.39 is 5.97 Å². The van der Waals surface area contributed by atoms with Crippen molar-refractivity contribution in [3.05, 3.63) is 36.5 Å². The molecule has 138 valence electrons. The van der Waals surface area contributed by atoms with E-state index in [1.807, 2.05) is 0 Å². The zero-order chi connectivity index (χ0) is 17.7. The van der Waals surface area contributed by atoms with Crippen LogP contribution in [0.25, 0.3) is 0 Å². The summed E-state index contributed by atoms with van der Waals surface area (Å²) in [5.41, 5.74) is 0. The fourth-order valence-corrected chi connectivity index (χ4v) is 2.54. The minimum atomic E-state index is -0.669. The Bertz CT molecular complexity index is 353. The van der Waals surface area contributed by atoms with Gasteiger partial charge in [0.15, 0.2) is 0 Å². The number of hydrogen-bond acceptors (Lipinski definition) is 1. The summed E-state index contributed by atoms with van der Waals surface area (Å²) in [5.74, 6) is -0.669. The maximum absolute atomic E-state index is 10.4. The van der Waals surface area contributed by atoms with Gasteiger partial charge in [-0.1, -0.05) is 81.9 Å². The van der Waals surface area contributed by atoms with Gasteiger partial charge in [0.25, 0.3) is 0 Å². The van der Waals surface area contributed by atoms with Crippen LogP contribution in [0.2, 0.25) is 0 Å². The van der Waals surface area contributed by atoms with Gasteiger partial charge in [-0.2, -0.15) is 0 Å². The lowest BCUT2D eigenvalue weighted by Gasteiger charge is -1.99. The molecule has 0 atom stereocenters. The Labute approximate surface area is 149 Å². The van der Waals surface area contributed by atoms with Gasteiger partial charge in [0.2, 0.25) is 0 Å². The Morgan fingerprint density at radius 1 is 0.667 bits per heavy atom. The molecule has 2 nitrogen and oxygen atoms in total. The molecule has 0 unspecified atom stereocenters. The van der Waals surface area contributed by atoms with E-state index in [0.717, 1.165) is 25.7 Å². The lowest BCUT2D eigenvalue weighted by molar-refractivity contribution is -0.137. The highest BCUT2D eigenvalue weighted by Gasteiger charge is 1.96. The van der Waals surface area contributed by atoms with Gasteiger partial charge in [-0.25, -0.2) is 0 Å². The van der Waals surface area contributed by atoms with Gasteiger partial charge in [-0.3, -0.25) is 4.79 Å². The standard InChI is InChI=1S/C22H38O2/c1-2-3-4-5-6-7-8-9-10-11-12-13-14-15-16-17-18-19-20-21-22(23)24/h6-7,9-10,12-13H,2-5,8,11,14-21H2,1H3,(H,23,24)/b7-6+,10-9+,13-12-. The zero-order valence-corrected chi connectivity index (χ0v) is 15.7. The molecule has 0 aromatic rings. The van der Waals surface area contributed by atoms with Crippen molar-refractivity contribution in [3.8, 4) is 0 Å². The molecule has 0 aliphatic heterocycles. The first kappa shape index (κ1) is 22.7. The van der Waals surface area contributed by atoms with Crippen molar-refractivity contribution in [2.75, 3.05) is 0 Å². The second-order valence-electron chi connectivity index (χ2n) is 6.44. The molecule has 0 radical (unpaired) electrons. The molecule has 0 rings (SSSR count). The average molecular weight is 335 g/mol. The first-order valence-corrected chi connectivity index (χ1v) is 9.94. The largest absolute Gasteiger partial charge is 0.481 e. The molecule has 0 aromatic carbocycles. The summed E-state index contributed by atoms with van der Waals surface area (Å²) in [6.45, 7) is 2.24. The van der Waals surface area contributed by atoms with Crippen LogP contribution in [0.3, 0.4) is 0 Å². The highest BCUT2D eigenvalue weighted by Crippen LogP contribution is 2.09. The van der Waals surface area contributed by atoms with Crippen LogP contribution in [0.5, 0.6) is 0 Å². The number of aliphatic carboxylic acids is 1. The molecule has 1 N–H and O–H groups in total. The molecule has 0 saturated heterocycles. The van der Waals surface area contributed by atoms with Gasteiger partial charge >= 0.3 is 5.97 Å². The first-order chi connectivity index (χ1) is 11.8. The molecule has 0 heterocycles. The van der Waals surface area contributed by atoms with Crippen molar-refractivity contribution in [1.82, 2.24) is 0 Å². The summed E-state index contributed by atoms with van der Waals surface area (Å²) in [4.78, 5) is 10.4. The Balaban J connectivity index is 3.26. The fourth-order valence-electron chi connectivity index (χ4n) is 2.54. The lowest BCUT2D eigenvalue weighted by atomic mass is 10.1. The smallest absolute Gasteiger partial charge is 0.303 e. The van der Waals surface area contributed by atoms with Gasteiger partial charge in [0.05, 0.1) is 0 Å². The van der Waals surface area contributed by atoms with Crippen molar-refractivity contribution in [2.45, 2.75) is 96.8 Å². The van der Waals surface area contributed by atoms with Crippen LogP contribution in [0.15, 0.2) is 36.5 Å². The Morgan fingerprint density at radius 3 is 1.67 bits per heavy atom. The first-order valence-electron chi connectivity index (χ1n) is 9.94. The predicted molar refractivity (Wildman–Crippen MR) is 105 cm³/mol. The van der Waals surface area contributed by atoms with E-state index in [4.69, 9.17) is 5.11 Å². The van der Waals surface area contributed by atoms with E-state index in [2.05, 4.69) is 43.4 Å². The lowest BCUT2D eigenvalue weighted by Crippen LogP contribution is -1.93. The molecule has 0 bridgehead atoms. The summed E-state index contributed by atoms with van der Waals surface area (Å²) >= 11 is 0. The molecular formula is C22H38O2. The number of carboxylic acids is 1. The Morgan fingerprint density at radius 2 is 1.12 bits per heavy atom. The molecule has 0 saturated carbocycles. The second-order valence-corrected chi connectivity index (χ2v) is 6.44. The summed E-state index contributed by atoms with van der Waals surface area (Å²) in [7, 11) is 0. The van der Waals surface area contributed by atoms with Crippen molar-refractivity contribution in [2.24, 2.45) is 0 Å². The van der Waals surface area contributed by atoms with E-state index in [-0.39, 0.29) is 0 Å². The number of carbonyl (C=O) groups is 1. The number of carboxylic acid groups (broad SMARTS) is 1. The van der Waals surface area contributed by atoms with Crippen LogP contribution >= 0.6 is 0 Å². The van der Waals surface area contributed by atoms with Crippen LogP contribution in [-0.2, 0) is 4.79 Å². The van der Waals surface area contributed by atoms with E-state index >= 15 is 0 Å². The minimum Gasteiger partial charge on any atom is -0.481 e. The third kappa shape index (κ3) is 20.7. The molecule has 2 heteroatoms. The normalized spacial score (nSPS) is 12.0. The second kappa shape index (κ2) is 19.7. The van der Waals surface area contributed by atoms with Gasteiger partial charge in [-0.05, 0) is 44.9 Å². The van der Waals surface area contributed by atoms with Crippen molar-refractivity contribution < 1.29 is 9.90 Å². The van der Waals surface area contributed by atoms with Crippen LogP contribution in [0, 0.1) is 0 Å². The van der Waals surface area contributed by atoms with Gasteiger partial charge in [0.1, 0.15) is 0 Å². The maximum Gasteiger partial charge on any atom is 0.303 e.